The van der Waals surface area contributed by atoms with Gasteiger partial charge in [-0.25, -0.2) is 0 Å². The van der Waals surface area contributed by atoms with E-state index in [2.05, 4.69) is 51.2 Å². The Kier molecular flexibility index (Phi) is 4.94. The van der Waals surface area contributed by atoms with E-state index in [1.54, 1.807) is 0 Å². The van der Waals surface area contributed by atoms with Crippen LogP contribution in [0.1, 0.15) is 65.0 Å². The number of rotatable bonds is 3. The highest BCUT2D eigenvalue weighted by atomic mass is 16.2. The fourth-order valence-electron chi connectivity index (χ4n) is 5.76. The van der Waals surface area contributed by atoms with Crippen molar-refractivity contribution in [3.8, 4) is 0 Å². The second-order valence-corrected chi connectivity index (χ2v) is 9.52. The number of H-pyrrole nitrogens is 1. The zero-order valence-electron chi connectivity index (χ0n) is 17.5. The monoisotopic (exact) mass is 392 g/mol. The number of piperidine rings is 1. The summed E-state index contributed by atoms with van der Waals surface area (Å²) < 4.78 is 0. The van der Waals surface area contributed by atoms with Crippen LogP contribution in [-0.2, 0) is 19.4 Å². The number of carbonyl (C=O) groups is 1. The molecule has 2 aliphatic heterocycles. The zero-order chi connectivity index (χ0) is 19.8. The first-order valence-corrected chi connectivity index (χ1v) is 11.3. The van der Waals surface area contributed by atoms with Crippen LogP contribution < -0.4 is 0 Å². The summed E-state index contributed by atoms with van der Waals surface area (Å²) in [5, 5.41) is 7.56. The predicted octanol–water partition coefficient (Wildman–Crippen LogP) is 3.73. The summed E-state index contributed by atoms with van der Waals surface area (Å²) in [5.41, 5.74) is 6.06. The van der Waals surface area contributed by atoms with Gasteiger partial charge in [-0.05, 0) is 64.0 Å². The maximum absolute atomic E-state index is 13.2. The molecule has 1 spiro atoms. The Morgan fingerprint density at radius 3 is 2.93 bits per heavy atom. The Morgan fingerprint density at radius 1 is 1.14 bits per heavy atom. The van der Waals surface area contributed by atoms with Crippen molar-refractivity contribution in [2.24, 2.45) is 5.41 Å². The lowest BCUT2D eigenvalue weighted by atomic mass is 9.79. The van der Waals surface area contributed by atoms with Crippen LogP contribution in [-0.4, -0.2) is 52.1 Å². The van der Waals surface area contributed by atoms with Crippen LogP contribution in [0.5, 0.6) is 0 Å². The van der Waals surface area contributed by atoms with Gasteiger partial charge in [0.15, 0.2) is 5.69 Å². The molecule has 0 saturated carbocycles. The molecular formula is C24H32N4O. The number of amides is 1. The predicted molar refractivity (Wildman–Crippen MR) is 114 cm³/mol. The molecule has 5 heteroatoms. The van der Waals surface area contributed by atoms with Gasteiger partial charge in [0.2, 0.25) is 0 Å². The molecule has 2 saturated heterocycles. The van der Waals surface area contributed by atoms with E-state index >= 15 is 0 Å². The molecule has 0 unspecified atom stereocenters. The first-order chi connectivity index (χ1) is 14.1. The number of aryl methyl sites for hydroxylation is 2. The fourth-order valence-corrected chi connectivity index (χ4v) is 5.76. The minimum atomic E-state index is 0.150. The number of likely N-dealkylation sites (tertiary alicyclic amines) is 2. The van der Waals surface area contributed by atoms with Crippen molar-refractivity contribution in [3.05, 3.63) is 52.3 Å². The minimum Gasteiger partial charge on any atom is -0.337 e. The largest absolute Gasteiger partial charge is 0.337 e. The highest BCUT2D eigenvalue weighted by Crippen LogP contribution is 2.40. The summed E-state index contributed by atoms with van der Waals surface area (Å²) in [5.74, 6) is 0.150. The molecule has 3 heterocycles. The van der Waals surface area contributed by atoms with Crippen molar-refractivity contribution in [1.29, 1.82) is 0 Å². The molecule has 0 radical (unpaired) electrons. The normalized spacial score (nSPS) is 24.8. The Bertz CT molecular complexity index is 904. The summed E-state index contributed by atoms with van der Waals surface area (Å²) in [6, 6.07) is 8.85. The van der Waals surface area contributed by atoms with Crippen LogP contribution in [0.15, 0.2) is 24.3 Å². The van der Waals surface area contributed by atoms with Crippen molar-refractivity contribution in [3.63, 3.8) is 0 Å². The molecule has 3 aliphatic rings. The lowest BCUT2D eigenvalue weighted by Gasteiger charge is -2.40. The van der Waals surface area contributed by atoms with Gasteiger partial charge in [0.25, 0.3) is 5.91 Å². The first-order valence-electron chi connectivity index (χ1n) is 11.3. The SMILES string of the molecule is Cc1cccc(CN2CCC[C@@]3(CCN(C(=O)c4n[nH]c5c4CCCC5)C3)C2)c1. The number of benzene rings is 1. The minimum absolute atomic E-state index is 0.150. The summed E-state index contributed by atoms with van der Waals surface area (Å²) in [7, 11) is 0. The smallest absolute Gasteiger partial charge is 0.274 e. The van der Waals surface area contributed by atoms with Crippen molar-refractivity contribution in [1.82, 2.24) is 20.0 Å². The van der Waals surface area contributed by atoms with Crippen LogP contribution in [0.4, 0.5) is 0 Å². The van der Waals surface area contributed by atoms with E-state index in [1.165, 1.54) is 48.1 Å². The fraction of sp³-hybridized carbons (Fsp3) is 0.583. The lowest BCUT2D eigenvalue weighted by molar-refractivity contribution is 0.0670. The first kappa shape index (κ1) is 18.9. The van der Waals surface area contributed by atoms with Crippen LogP contribution in [0.3, 0.4) is 0 Å². The van der Waals surface area contributed by atoms with Crippen molar-refractivity contribution < 1.29 is 4.79 Å². The van der Waals surface area contributed by atoms with Gasteiger partial charge >= 0.3 is 0 Å². The molecule has 5 nitrogen and oxygen atoms in total. The summed E-state index contributed by atoms with van der Waals surface area (Å²) >= 11 is 0. The Morgan fingerprint density at radius 2 is 2.03 bits per heavy atom. The van der Waals surface area contributed by atoms with E-state index < -0.39 is 0 Å². The van der Waals surface area contributed by atoms with Gasteiger partial charge < -0.3 is 4.90 Å². The molecule has 1 aromatic carbocycles. The third-order valence-corrected chi connectivity index (χ3v) is 7.21. The molecular weight excluding hydrogens is 360 g/mol. The summed E-state index contributed by atoms with van der Waals surface area (Å²) in [6.07, 6.45) is 7.99. The standard InChI is InChI=1S/C24H32N4O/c1-18-6-4-7-19(14-18)15-27-12-5-10-24(16-27)11-13-28(17-24)23(29)22-20-8-2-3-9-21(20)25-26-22/h4,6-7,14H,2-3,5,8-13,15-17H2,1H3,(H,25,26)/t24-/m1/s1. The lowest BCUT2D eigenvalue weighted by Crippen LogP contribution is -2.45. The van der Waals surface area contributed by atoms with Crippen molar-refractivity contribution >= 4 is 5.91 Å². The quantitative estimate of drug-likeness (QED) is 0.866. The van der Waals surface area contributed by atoms with E-state index in [-0.39, 0.29) is 11.3 Å². The Labute approximate surface area is 173 Å². The van der Waals surface area contributed by atoms with Gasteiger partial charge in [-0.1, -0.05) is 29.8 Å². The Balaban J connectivity index is 1.26. The summed E-state index contributed by atoms with van der Waals surface area (Å²) in [6.45, 7) is 7.20. The second kappa shape index (κ2) is 7.60. The maximum Gasteiger partial charge on any atom is 0.274 e. The van der Waals surface area contributed by atoms with Gasteiger partial charge in [0.05, 0.1) is 0 Å². The maximum atomic E-state index is 13.2. The second-order valence-electron chi connectivity index (χ2n) is 9.52. The molecule has 2 fully saturated rings. The molecule has 0 bridgehead atoms. The number of hydrogen-bond donors (Lipinski definition) is 1. The van der Waals surface area contributed by atoms with Gasteiger partial charge in [-0.15, -0.1) is 0 Å². The number of carbonyl (C=O) groups excluding carboxylic acids is 1. The van der Waals surface area contributed by atoms with Crippen LogP contribution in [0, 0.1) is 12.3 Å². The van der Waals surface area contributed by atoms with E-state index in [1.807, 2.05) is 0 Å². The molecule has 1 aromatic heterocycles. The van der Waals surface area contributed by atoms with Crippen LogP contribution in [0.25, 0.3) is 0 Å². The third-order valence-electron chi connectivity index (χ3n) is 7.21. The van der Waals surface area contributed by atoms with E-state index in [4.69, 9.17) is 0 Å². The Hall–Kier alpha value is -2.14. The third kappa shape index (κ3) is 3.73. The number of aromatic nitrogens is 2. The summed E-state index contributed by atoms with van der Waals surface area (Å²) in [4.78, 5) is 17.9. The topological polar surface area (TPSA) is 52.2 Å². The molecule has 29 heavy (non-hydrogen) atoms. The molecule has 1 amide bonds. The highest BCUT2D eigenvalue weighted by Gasteiger charge is 2.43. The number of nitrogens with zero attached hydrogens (tertiary/aromatic N) is 3. The van der Waals surface area contributed by atoms with E-state index in [0.717, 1.165) is 52.0 Å². The van der Waals surface area contributed by atoms with Crippen LogP contribution >= 0.6 is 0 Å². The van der Waals surface area contributed by atoms with Crippen LogP contribution in [0.2, 0.25) is 0 Å². The number of fused-ring (bicyclic) bond motifs is 1. The molecule has 1 atom stereocenters. The highest BCUT2D eigenvalue weighted by molar-refractivity contribution is 5.94. The van der Waals surface area contributed by atoms with Gasteiger partial charge in [-0.2, -0.15) is 5.10 Å². The van der Waals surface area contributed by atoms with Crippen molar-refractivity contribution in [2.45, 2.75) is 58.4 Å². The molecule has 2 aromatic rings. The number of nitrogens with one attached hydrogen (secondary N) is 1. The molecule has 5 rings (SSSR count). The van der Waals surface area contributed by atoms with Gasteiger partial charge in [-0.3, -0.25) is 14.8 Å². The van der Waals surface area contributed by atoms with E-state index in [9.17, 15) is 4.79 Å². The number of aromatic amines is 1. The molecule has 154 valence electrons. The molecule has 1 N–H and O–H groups in total. The van der Waals surface area contributed by atoms with Gasteiger partial charge in [0.1, 0.15) is 0 Å². The molecule has 1 aliphatic carbocycles. The zero-order valence-corrected chi connectivity index (χ0v) is 17.5. The van der Waals surface area contributed by atoms with Gasteiger partial charge in [0, 0.05) is 42.9 Å². The van der Waals surface area contributed by atoms with Crippen molar-refractivity contribution in [2.75, 3.05) is 26.2 Å². The number of hydrogen-bond acceptors (Lipinski definition) is 3. The van der Waals surface area contributed by atoms with E-state index in [0.29, 0.717) is 5.69 Å². The average Bonchev–Trinajstić information content (AvgIpc) is 3.32. The average molecular weight is 393 g/mol.